The number of pyridine rings is 1. The van der Waals surface area contributed by atoms with Gasteiger partial charge in [-0.2, -0.15) is 13.2 Å². The Morgan fingerprint density at radius 3 is 2.82 bits per heavy atom. The summed E-state index contributed by atoms with van der Waals surface area (Å²) in [5.74, 6) is 0.720. The Balaban J connectivity index is 1.83. The normalized spacial score (nSPS) is 14.6. The van der Waals surface area contributed by atoms with Gasteiger partial charge in [-0.3, -0.25) is 9.79 Å². The first kappa shape index (κ1) is 16.9. The highest BCUT2D eigenvalue weighted by Gasteiger charge is 2.31. The number of hydrogen-bond donors (Lipinski definition) is 2. The number of thioether (sulfide) groups is 1. The quantitative estimate of drug-likeness (QED) is 0.874. The van der Waals surface area contributed by atoms with Gasteiger partial charge in [0.15, 0.2) is 5.17 Å². The van der Waals surface area contributed by atoms with E-state index in [0.29, 0.717) is 17.9 Å². The number of hydrogen-bond acceptors (Lipinski definition) is 5. The van der Waals surface area contributed by atoms with Crippen LogP contribution in [0, 0.1) is 0 Å². The summed E-state index contributed by atoms with van der Waals surface area (Å²) in [6.45, 7) is 0.880. The largest absolute Gasteiger partial charge is 0.417 e. The van der Waals surface area contributed by atoms with E-state index in [-0.39, 0.29) is 29.7 Å². The predicted molar refractivity (Wildman–Crippen MR) is 80.3 cm³/mol. The summed E-state index contributed by atoms with van der Waals surface area (Å²) in [6.07, 6.45) is -3.68. The van der Waals surface area contributed by atoms with E-state index in [2.05, 4.69) is 20.6 Å². The lowest BCUT2D eigenvalue weighted by Crippen LogP contribution is -2.28. The Morgan fingerprint density at radius 1 is 1.45 bits per heavy atom. The summed E-state index contributed by atoms with van der Waals surface area (Å²) in [5, 5.41) is 5.82. The van der Waals surface area contributed by atoms with Crippen molar-refractivity contribution in [2.24, 2.45) is 4.99 Å². The van der Waals surface area contributed by atoms with Gasteiger partial charge in [0.1, 0.15) is 5.82 Å². The van der Waals surface area contributed by atoms with Gasteiger partial charge in [0.05, 0.1) is 17.1 Å². The van der Waals surface area contributed by atoms with Crippen LogP contribution in [0.5, 0.6) is 0 Å². The summed E-state index contributed by atoms with van der Waals surface area (Å²) in [5.41, 5.74) is -0.919. The fraction of sp³-hybridized carbons (Fsp3) is 0.417. The predicted octanol–water partition coefficient (Wildman–Crippen LogP) is 2.77. The molecule has 0 unspecified atom stereocenters. The maximum absolute atomic E-state index is 12.5. The van der Waals surface area contributed by atoms with Crippen LogP contribution < -0.4 is 10.6 Å². The van der Waals surface area contributed by atoms with Crippen molar-refractivity contribution in [2.75, 3.05) is 24.2 Å². The highest BCUT2D eigenvalue weighted by atomic mass is 35.5. The smallest absolute Gasteiger partial charge is 0.368 e. The molecule has 1 aromatic heterocycles. The van der Waals surface area contributed by atoms with Crippen LogP contribution in [0.2, 0.25) is 5.02 Å². The van der Waals surface area contributed by atoms with Crippen LogP contribution in [0.15, 0.2) is 17.3 Å². The lowest BCUT2D eigenvalue weighted by atomic mass is 10.2. The van der Waals surface area contributed by atoms with E-state index >= 15 is 0 Å². The maximum Gasteiger partial charge on any atom is 0.417 e. The van der Waals surface area contributed by atoms with E-state index in [1.807, 2.05) is 0 Å². The second-order valence-corrected chi connectivity index (χ2v) is 5.80. The Labute approximate surface area is 133 Å². The molecule has 0 atom stereocenters. The molecule has 2 rings (SSSR count). The Kier molecular flexibility index (Phi) is 5.52. The first-order valence-electron chi connectivity index (χ1n) is 6.30. The molecule has 5 nitrogen and oxygen atoms in total. The standard InChI is InChI=1S/C12H12ClF3N4OS/c13-8-5-7(12(14,15)16)6-19-10(8)17-2-1-9(21)20-11-18-3-4-22-11/h5-6H,1-4H2,(H,17,19)(H,18,20,21). The molecule has 2 N–H and O–H groups in total. The number of carbonyl (C=O) groups is 1. The van der Waals surface area contributed by atoms with Gasteiger partial charge >= 0.3 is 6.18 Å². The molecule has 2 heterocycles. The zero-order valence-electron chi connectivity index (χ0n) is 11.2. The SMILES string of the molecule is O=C(CCNc1ncc(C(F)(F)F)cc1Cl)NC1=NCCS1. The van der Waals surface area contributed by atoms with Crippen molar-refractivity contribution in [1.29, 1.82) is 0 Å². The topological polar surface area (TPSA) is 66.4 Å². The number of amidine groups is 1. The Morgan fingerprint density at radius 2 is 2.23 bits per heavy atom. The molecule has 120 valence electrons. The third kappa shape index (κ3) is 4.77. The second kappa shape index (κ2) is 7.19. The van der Waals surface area contributed by atoms with Gasteiger partial charge in [-0.1, -0.05) is 23.4 Å². The van der Waals surface area contributed by atoms with Gasteiger partial charge in [0.25, 0.3) is 0 Å². The first-order valence-corrected chi connectivity index (χ1v) is 7.66. The van der Waals surface area contributed by atoms with Gasteiger partial charge in [-0.05, 0) is 6.07 Å². The van der Waals surface area contributed by atoms with Crippen molar-refractivity contribution in [1.82, 2.24) is 10.3 Å². The number of alkyl halides is 3. The van der Waals surface area contributed by atoms with Gasteiger partial charge in [-0.15, -0.1) is 0 Å². The molecular formula is C12H12ClF3N4OS. The lowest BCUT2D eigenvalue weighted by molar-refractivity contribution is -0.137. The van der Waals surface area contributed by atoms with Crippen LogP contribution in [0.1, 0.15) is 12.0 Å². The summed E-state index contributed by atoms with van der Waals surface area (Å²) in [4.78, 5) is 19.3. The zero-order valence-corrected chi connectivity index (χ0v) is 12.8. The number of nitrogens with zero attached hydrogens (tertiary/aromatic N) is 2. The van der Waals surface area contributed by atoms with Crippen LogP contribution in [-0.4, -0.2) is 34.9 Å². The fourth-order valence-electron chi connectivity index (χ4n) is 1.61. The van der Waals surface area contributed by atoms with Gasteiger partial charge < -0.3 is 10.6 Å². The third-order valence-electron chi connectivity index (χ3n) is 2.64. The molecule has 0 aliphatic carbocycles. The van der Waals surface area contributed by atoms with Gasteiger partial charge in [-0.25, -0.2) is 4.98 Å². The number of carbonyl (C=O) groups excluding carboxylic acids is 1. The maximum atomic E-state index is 12.5. The Bertz CT molecular complexity index is 594. The number of amides is 1. The molecule has 22 heavy (non-hydrogen) atoms. The van der Waals surface area contributed by atoms with Crippen molar-refractivity contribution in [3.8, 4) is 0 Å². The molecule has 1 aliphatic rings. The molecule has 0 saturated carbocycles. The minimum Gasteiger partial charge on any atom is -0.368 e. The highest BCUT2D eigenvalue weighted by molar-refractivity contribution is 8.14. The summed E-state index contributed by atoms with van der Waals surface area (Å²) in [7, 11) is 0. The van der Waals surface area contributed by atoms with E-state index < -0.39 is 11.7 Å². The van der Waals surface area contributed by atoms with Crippen molar-refractivity contribution >= 4 is 40.3 Å². The molecule has 0 bridgehead atoms. The molecule has 0 aromatic carbocycles. The minimum absolute atomic E-state index is 0.107. The van der Waals surface area contributed by atoms with Crippen molar-refractivity contribution in [3.05, 3.63) is 22.8 Å². The lowest BCUT2D eigenvalue weighted by Gasteiger charge is -2.10. The summed E-state index contributed by atoms with van der Waals surface area (Å²) < 4.78 is 37.4. The number of nitrogens with one attached hydrogen (secondary N) is 2. The van der Waals surface area contributed by atoms with Crippen LogP contribution in [-0.2, 0) is 11.0 Å². The third-order valence-corrected chi connectivity index (χ3v) is 3.82. The second-order valence-electron chi connectivity index (χ2n) is 4.31. The van der Waals surface area contributed by atoms with E-state index in [0.717, 1.165) is 11.8 Å². The minimum atomic E-state index is -4.49. The molecule has 0 saturated heterocycles. The Hall–Kier alpha value is -1.48. The van der Waals surface area contributed by atoms with Crippen LogP contribution >= 0.6 is 23.4 Å². The number of aromatic nitrogens is 1. The number of halogens is 4. The summed E-state index contributed by atoms with van der Waals surface area (Å²) >= 11 is 7.20. The average Bonchev–Trinajstić information content (AvgIpc) is 2.92. The number of rotatable bonds is 4. The molecule has 0 spiro atoms. The molecule has 0 fully saturated rings. The molecular weight excluding hydrogens is 341 g/mol. The van der Waals surface area contributed by atoms with E-state index in [4.69, 9.17) is 11.6 Å². The monoisotopic (exact) mass is 352 g/mol. The van der Waals surface area contributed by atoms with E-state index in [9.17, 15) is 18.0 Å². The number of aliphatic imine (C=N–C) groups is 1. The van der Waals surface area contributed by atoms with Crippen LogP contribution in [0.4, 0.5) is 19.0 Å². The zero-order chi connectivity index (χ0) is 16.2. The van der Waals surface area contributed by atoms with Crippen molar-refractivity contribution in [2.45, 2.75) is 12.6 Å². The van der Waals surface area contributed by atoms with Gasteiger partial charge in [0.2, 0.25) is 5.91 Å². The first-order chi connectivity index (χ1) is 10.4. The summed E-state index contributed by atoms with van der Waals surface area (Å²) in [6, 6.07) is 0.793. The molecule has 1 aliphatic heterocycles. The number of anilines is 1. The molecule has 10 heteroatoms. The van der Waals surface area contributed by atoms with Crippen LogP contribution in [0.3, 0.4) is 0 Å². The fourth-order valence-corrected chi connectivity index (χ4v) is 2.59. The van der Waals surface area contributed by atoms with Crippen LogP contribution in [0.25, 0.3) is 0 Å². The molecule has 1 amide bonds. The van der Waals surface area contributed by atoms with E-state index in [1.54, 1.807) is 0 Å². The average molecular weight is 353 g/mol. The van der Waals surface area contributed by atoms with Gasteiger partial charge in [0, 0.05) is 24.9 Å². The van der Waals surface area contributed by atoms with E-state index in [1.165, 1.54) is 11.8 Å². The van der Waals surface area contributed by atoms with Crippen molar-refractivity contribution < 1.29 is 18.0 Å². The van der Waals surface area contributed by atoms with Crippen molar-refractivity contribution in [3.63, 3.8) is 0 Å². The highest BCUT2D eigenvalue weighted by Crippen LogP contribution is 2.32. The molecule has 1 aromatic rings. The molecule has 0 radical (unpaired) electrons.